The smallest absolute Gasteiger partial charge is 0.223 e. The van der Waals surface area contributed by atoms with Crippen LogP contribution in [0.4, 0.5) is 0 Å². The molecule has 0 aliphatic carbocycles. The lowest BCUT2D eigenvalue weighted by Gasteiger charge is -2.44. The number of rotatable bonds is 5. The summed E-state index contributed by atoms with van der Waals surface area (Å²) in [6, 6.07) is 0. The average Bonchev–Trinajstić information content (AvgIpc) is 2.29. The van der Waals surface area contributed by atoms with Gasteiger partial charge in [-0.15, -0.1) is 0 Å². The van der Waals surface area contributed by atoms with Crippen molar-refractivity contribution in [2.24, 2.45) is 11.7 Å². The van der Waals surface area contributed by atoms with Gasteiger partial charge in [0.1, 0.15) is 0 Å². The van der Waals surface area contributed by atoms with Gasteiger partial charge in [0.15, 0.2) is 0 Å². The van der Waals surface area contributed by atoms with Gasteiger partial charge in [-0.3, -0.25) is 4.79 Å². The Morgan fingerprint density at radius 3 is 2.71 bits per heavy atom. The van der Waals surface area contributed by atoms with Crippen LogP contribution in [-0.4, -0.2) is 29.4 Å². The second kappa shape index (κ2) is 6.39. The van der Waals surface area contributed by atoms with Crippen molar-refractivity contribution in [1.29, 1.82) is 0 Å². The van der Waals surface area contributed by atoms with E-state index in [1.54, 1.807) is 0 Å². The molecule has 1 rings (SSSR count). The Bertz CT molecular complexity index is 253. The molecule has 3 heteroatoms. The first-order valence-electron chi connectivity index (χ1n) is 7.00. The lowest BCUT2D eigenvalue weighted by Crippen LogP contribution is -2.56. The zero-order valence-corrected chi connectivity index (χ0v) is 11.7. The van der Waals surface area contributed by atoms with Crippen molar-refractivity contribution in [3.63, 3.8) is 0 Å². The number of amides is 1. The fraction of sp³-hybridized carbons (Fsp3) is 0.929. The highest BCUT2D eigenvalue weighted by Crippen LogP contribution is 2.28. The fourth-order valence-corrected chi connectivity index (χ4v) is 2.62. The summed E-state index contributed by atoms with van der Waals surface area (Å²) in [7, 11) is 0. The Balaban J connectivity index is 2.48. The topological polar surface area (TPSA) is 46.3 Å². The predicted octanol–water partition coefficient (Wildman–Crippen LogP) is 2.54. The summed E-state index contributed by atoms with van der Waals surface area (Å²) in [5, 5.41) is 0. The summed E-state index contributed by atoms with van der Waals surface area (Å²) in [6.07, 6.45) is 6.22. The first kappa shape index (κ1) is 14.5. The first-order chi connectivity index (χ1) is 7.99. The second-order valence-corrected chi connectivity index (χ2v) is 5.99. The van der Waals surface area contributed by atoms with Crippen LogP contribution in [-0.2, 0) is 4.79 Å². The van der Waals surface area contributed by atoms with E-state index in [1.165, 1.54) is 6.42 Å². The molecule has 1 saturated heterocycles. The Labute approximate surface area is 106 Å². The molecular weight excluding hydrogens is 212 g/mol. The number of hydrogen-bond acceptors (Lipinski definition) is 2. The lowest BCUT2D eigenvalue weighted by atomic mass is 9.88. The molecule has 1 fully saturated rings. The number of piperidine rings is 1. The van der Waals surface area contributed by atoms with Gasteiger partial charge in [0.05, 0.1) is 5.54 Å². The van der Waals surface area contributed by atoms with Gasteiger partial charge in [0.25, 0.3) is 0 Å². The number of carbonyl (C=O) groups is 1. The second-order valence-electron chi connectivity index (χ2n) is 5.99. The van der Waals surface area contributed by atoms with Gasteiger partial charge in [-0.25, -0.2) is 0 Å². The maximum Gasteiger partial charge on any atom is 0.223 e. The minimum atomic E-state index is -0.0901. The van der Waals surface area contributed by atoms with Gasteiger partial charge in [-0.2, -0.15) is 0 Å². The Kier molecular flexibility index (Phi) is 5.44. The Morgan fingerprint density at radius 2 is 2.12 bits per heavy atom. The highest BCUT2D eigenvalue weighted by atomic mass is 16.2. The Morgan fingerprint density at radius 1 is 1.41 bits per heavy atom. The zero-order chi connectivity index (χ0) is 12.9. The molecule has 1 amide bonds. The molecule has 0 spiro atoms. The average molecular weight is 240 g/mol. The van der Waals surface area contributed by atoms with E-state index < -0.39 is 0 Å². The third-order valence-corrected chi connectivity index (χ3v) is 3.91. The molecule has 1 atom stereocenters. The third-order valence-electron chi connectivity index (χ3n) is 3.91. The Hall–Kier alpha value is -0.570. The van der Waals surface area contributed by atoms with Crippen LogP contribution >= 0.6 is 0 Å². The van der Waals surface area contributed by atoms with Gasteiger partial charge < -0.3 is 10.6 Å². The monoisotopic (exact) mass is 240 g/mol. The predicted molar refractivity (Wildman–Crippen MR) is 71.7 cm³/mol. The molecule has 17 heavy (non-hydrogen) atoms. The summed E-state index contributed by atoms with van der Waals surface area (Å²) in [5.41, 5.74) is 5.76. The van der Waals surface area contributed by atoms with E-state index in [9.17, 15) is 4.79 Å². The summed E-state index contributed by atoms with van der Waals surface area (Å²) in [6.45, 7) is 8.02. The minimum Gasteiger partial charge on any atom is -0.336 e. The zero-order valence-electron chi connectivity index (χ0n) is 11.7. The van der Waals surface area contributed by atoms with E-state index in [4.69, 9.17) is 5.73 Å². The van der Waals surface area contributed by atoms with Crippen molar-refractivity contribution >= 4 is 5.91 Å². The molecular formula is C14H28N2O. The van der Waals surface area contributed by atoms with E-state index in [0.29, 0.717) is 24.8 Å². The molecule has 0 aromatic heterocycles. The third kappa shape index (κ3) is 3.98. The molecule has 0 radical (unpaired) electrons. The summed E-state index contributed by atoms with van der Waals surface area (Å²) < 4.78 is 0. The van der Waals surface area contributed by atoms with Gasteiger partial charge in [-0.1, -0.05) is 20.3 Å². The molecule has 1 unspecified atom stereocenters. The van der Waals surface area contributed by atoms with Crippen LogP contribution in [0, 0.1) is 5.92 Å². The highest BCUT2D eigenvalue weighted by Gasteiger charge is 2.35. The molecule has 0 aromatic rings. The molecule has 1 heterocycles. The van der Waals surface area contributed by atoms with Crippen molar-refractivity contribution in [2.45, 2.75) is 64.8 Å². The van der Waals surface area contributed by atoms with E-state index in [1.807, 2.05) is 4.90 Å². The SMILES string of the molecule is CC(C)CCCC(=O)N1CCCCC1(C)CN. The van der Waals surface area contributed by atoms with Crippen LogP contribution in [0.15, 0.2) is 0 Å². The van der Waals surface area contributed by atoms with Crippen LogP contribution in [0.3, 0.4) is 0 Å². The maximum atomic E-state index is 12.2. The summed E-state index contributed by atoms with van der Waals surface area (Å²) in [4.78, 5) is 14.3. The molecule has 3 nitrogen and oxygen atoms in total. The van der Waals surface area contributed by atoms with Gasteiger partial charge in [0.2, 0.25) is 5.91 Å². The van der Waals surface area contributed by atoms with Crippen LogP contribution in [0.5, 0.6) is 0 Å². The van der Waals surface area contributed by atoms with Crippen molar-refractivity contribution < 1.29 is 4.79 Å². The quantitative estimate of drug-likeness (QED) is 0.802. The fourth-order valence-electron chi connectivity index (χ4n) is 2.62. The van der Waals surface area contributed by atoms with Crippen molar-refractivity contribution in [3.8, 4) is 0 Å². The maximum absolute atomic E-state index is 12.2. The van der Waals surface area contributed by atoms with Crippen LogP contribution in [0.2, 0.25) is 0 Å². The first-order valence-corrected chi connectivity index (χ1v) is 7.00. The summed E-state index contributed by atoms with van der Waals surface area (Å²) >= 11 is 0. The number of carbonyl (C=O) groups excluding carboxylic acids is 1. The van der Waals surface area contributed by atoms with Crippen LogP contribution in [0.1, 0.15) is 59.3 Å². The van der Waals surface area contributed by atoms with Crippen LogP contribution in [0.25, 0.3) is 0 Å². The number of nitrogens with zero attached hydrogens (tertiary/aromatic N) is 1. The number of hydrogen-bond donors (Lipinski definition) is 1. The van der Waals surface area contributed by atoms with Gasteiger partial charge >= 0.3 is 0 Å². The highest BCUT2D eigenvalue weighted by molar-refractivity contribution is 5.77. The normalized spacial score (nSPS) is 25.4. The molecule has 0 aromatic carbocycles. The van der Waals surface area contributed by atoms with Gasteiger partial charge in [-0.05, 0) is 38.5 Å². The lowest BCUT2D eigenvalue weighted by molar-refractivity contribution is -0.139. The molecule has 2 N–H and O–H groups in total. The molecule has 0 saturated carbocycles. The number of nitrogens with two attached hydrogens (primary N) is 1. The van der Waals surface area contributed by atoms with Crippen molar-refractivity contribution in [2.75, 3.05) is 13.1 Å². The van der Waals surface area contributed by atoms with Crippen molar-refractivity contribution in [1.82, 2.24) is 4.90 Å². The molecule has 100 valence electrons. The van der Waals surface area contributed by atoms with E-state index in [2.05, 4.69) is 20.8 Å². The minimum absolute atomic E-state index is 0.0901. The standard InChI is InChI=1S/C14H28N2O/c1-12(2)7-6-8-13(17)16-10-5-4-9-14(16,3)11-15/h12H,4-11,15H2,1-3H3. The van der Waals surface area contributed by atoms with Gasteiger partial charge in [0, 0.05) is 19.5 Å². The molecule has 1 aliphatic rings. The van der Waals surface area contributed by atoms with Crippen molar-refractivity contribution in [3.05, 3.63) is 0 Å². The largest absolute Gasteiger partial charge is 0.336 e. The van der Waals surface area contributed by atoms with E-state index in [0.717, 1.165) is 32.2 Å². The summed E-state index contributed by atoms with van der Waals surface area (Å²) in [5.74, 6) is 0.989. The molecule has 0 bridgehead atoms. The molecule has 1 aliphatic heterocycles. The van der Waals surface area contributed by atoms with E-state index >= 15 is 0 Å². The van der Waals surface area contributed by atoms with E-state index in [-0.39, 0.29) is 5.54 Å². The number of likely N-dealkylation sites (tertiary alicyclic amines) is 1. The van der Waals surface area contributed by atoms with Crippen LogP contribution < -0.4 is 5.73 Å².